The summed E-state index contributed by atoms with van der Waals surface area (Å²) in [5.41, 5.74) is 0.742. The highest BCUT2D eigenvalue weighted by molar-refractivity contribution is 7.62. The average molecular weight is 245 g/mol. The SMILES string of the molecule is CCN=P1(N(CC)CC)C(C)CCCN1C. The maximum atomic E-state index is 5.08. The predicted octanol–water partition coefficient (Wildman–Crippen LogP) is 3.49. The topological polar surface area (TPSA) is 18.8 Å². The van der Waals surface area contributed by atoms with Crippen LogP contribution in [0.25, 0.3) is 0 Å². The van der Waals surface area contributed by atoms with Crippen LogP contribution in [0.3, 0.4) is 0 Å². The summed E-state index contributed by atoms with van der Waals surface area (Å²) in [7, 11) is 0.888. The fourth-order valence-electron chi connectivity index (χ4n) is 2.95. The van der Waals surface area contributed by atoms with Crippen molar-refractivity contribution in [1.82, 2.24) is 9.34 Å². The molecule has 0 aliphatic carbocycles. The Hall–Kier alpha value is 0.150. The van der Waals surface area contributed by atoms with Crippen molar-refractivity contribution in [1.29, 1.82) is 0 Å². The Morgan fingerprint density at radius 2 is 1.94 bits per heavy atom. The molecule has 1 aliphatic rings. The van der Waals surface area contributed by atoms with Crippen LogP contribution in [0.4, 0.5) is 0 Å². The van der Waals surface area contributed by atoms with Crippen LogP contribution in [0.5, 0.6) is 0 Å². The van der Waals surface area contributed by atoms with Gasteiger partial charge < -0.3 is 0 Å². The van der Waals surface area contributed by atoms with Crippen molar-refractivity contribution < 1.29 is 0 Å². The molecule has 2 atom stereocenters. The van der Waals surface area contributed by atoms with E-state index in [0.717, 1.165) is 25.3 Å². The Labute approximate surface area is 101 Å². The first kappa shape index (κ1) is 14.2. The normalized spacial score (nSPS) is 32.0. The lowest BCUT2D eigenvalue weighted by Gasteiger charge is -2.48. The summed E-state index contributed by atoms with van der Waals surface area (Å²) in [6.07, 6.45) is 2.68. The second-order valence-electron chi connectivity index (χ2n) is 4.58. The lowest BCUT2D eigenvalue weighted by atomic mass is 10.2. The van der Waals surface area contributed by atoms with Crippen LogP contribution in [0, 0.1) is 0 Å². The van der Waals surface area contributed by atoms with Gasteiger partial charge >= 0.3 is 0 Å². The van der Waals surface area contributed by atoms with Gasteiger partial charge in [0.15, 0.2) is 0 Å². The fraction of sp³-hybridized carbons (Fsp3) is 1.00. The van der Waals surface area contributed by atoms with Crippen molar-refractivity contribution in [2.75, 3.05) is 33.2 Å². The summed E-state index contributed by atoms with van der Waals surface area (Å²) in [4.78, 5) is 0. The van der Waals surface area contributed by atoms with Gasteiger partial charge in [0.25, 0.3) is 0 Å². The monoisotopic (exact) mass is 245 g/mol. The average Bonchev–Trinajstić information content (AvgIpc) is 2.27. The van der Waals surface area contributed by atoms with Crippen molar-refractivity contribution in [3.05, 3.63) is 0 Å². The molecule has 0 aromatic carbocycles. The molecule has 0 spiro atoms. The lowest BCUT2D eigenvalue weighted by Crippen LogP contribution is -2.38. The molecule has 0 saturated carbocycles. The number of hydrogen-bond acceptors (Lipinski definition) is 1. The highest BCUT2D eigenvalue weighted by atomic mass is 31.2. The zero-order chi connectivity index (χ0) is 12.2. The van der Waals surface area contributed by atoms with Crippen molar-refractivity contribution >= 4 is 7.36 Å². The van der Waals surface area contributed by atoms with Crippen LogP contribution in [0.15, 0.2) is 4.74 Å². The Morgan fingerprint density at radius 1 is 1.31 bits per heavy atom. The van der Waals surface area contributed by atoms with Crippen LogP contribution in [-0.2, 0) is 0 Å². The molecule has 1 saturated heterocycles. The Bertz CT molecular complexity index is 247. The van der Waals surface area contributed by atoms with Gasteiger partial charge in [-0.15, -0.1) is 0 Å². The second kappa shape index (κ2) is 6.18. The zero-order valence-corrected chi connectivity index (χ0v) is 12.5. The quantitative estimate of drug-likeness (QED) is 0.706. The second-order valence-corrected chi connectivity index (χ2v) is 8.23. The summed E-state index contributed by atoms with van der Waals surface area (Å²) >= 11 is 0. The number of rotatable bonds is 4. The Balaban J connectivity index is 3.15. The summed E-state index contributed by atoms with van der Waals surface area (Å²) in [6, 6.07) is 0. The summed E-state index contributed by atoms with van der Waals surface area (Å²) in [6.45, 7) is 13.6. The van der Waals surface area contributed by atoms with Gasteiger partial charge in [-0.3, -0.25) is 14.1 Å². The minimum atomic E-state index is -1.39. The van der Waals surface area contributed by atoms with E-state index in [4.69, 9.17) is 4.74 Å². The molecule has 0 aromatic heterocycles. The van der Waals surface area contributed by atoms with Gasteiger partial charge in [0.2, 0.25) is 0 Å². The molecule has 0 amide bonds. The largest absolute Gasteiger partial charge is 0.274 e. The molecule has 0 aromatic rings. The van der Waals surface area contributed by atoms with Gasteiger partial charge in [-0.25, -0.2) is 0 Å². The first-order valence-corrected chi connectivity index (χ1v) is 8.39. The molecule has 16 heavy (non-hydrogen) atoms. The Kier molecular flexibility index (Phi) is 5.49. The molecule has 96 valence electrons. The summed E-state index contributed by atoms with van der Waals surface area (Å²) < 4.78 is 10.3. The van der Waals surface area contributed by atoms with Gasteiger partial charge in [-0.2, -0.15) is 0 Å². The zero-order valence-electron chi connectivity index (χ0n) is 11.6. The molecule has 1 fully saturated rings. The van der Waals surface area contributed by atoms with Gasteiger partial charge in [0.1, 0.15) is 0 Å². The van der Waals surface area contributed by atoms with Gasteiger partial charge in [-0.1, -0.05) is 20.8 Å². The molecule has 1 heterocycles. The molecule has 1 rings (SSSR count). The van der Waals surface area contributed by atoms with Crippen molar-refractivity contribution in [3.63, 3.8) is 0 Å². The molecule has 3 nitrogen and oxygen atoms in total. The minimum absolute atomic E-state index is 0.742. The van der Waals surface area contributed by atoms with E-state index >= 15 is 0 Å². The minimum Gasteiger partial charge on any atom is -0.274 e. The standard InChI is InChI=1S/C12H28N3P/c1-6-13-16(15(7-2)8-3)12(4)10-9-11-14(16)5/h12H,6-11H2,1-5H3. The van der Waals surface area contributed by atoms with Gasteiger partial charge in [-0.05, 0) is 26.8 Å². The van der Waals surface area contributed by atoms with Gasteiger partial charge in [0, 0.05) is 31.8 Å². The van der Waals surface area contributed by atoms with Crippen molar-refractivity contribution in [3.8, 4) is 0 Å². The number of hydrogen-bond donors (Lipinski definition) is 0. The third-order valence-corrected chi connectivity index (χ3v) is 8.44. The smallest absolute Gasteiger partial charge is 0.0993 e. The molecule has 0 bridgehead atoms. The molecular weight excluding hydrogens is 217 g/mol. The van der Waals surface area contributed by atoms with E-state index in [2.05, 4.69) is 44.1 Å². The third-order valence-electron chi connectivity index (χ3n) is 3.69. The highest BCUT2D eigenvalue weighted by Gasteiger charge is 2.38. The van der Waals surface area contributed by atoms with Crippen LogP contribution < -0.4 is 0 Å². The number of nitrogens with zero attached hydrogens (tertiary/aromatic N) is 3. The maximum Gasteiger partial charge on any atom is 0.0993 e. The first-order chi connectivity index (χ1) is 7.63. The summed E-state index contributed by atoms with van der Waals surface area (Å²) in [5, 5.41) is 0. The highest BCUT2D eigenvalue weighted by Crippen LogP contribution is 2.62. The lowest BCUT2D eigenvalue weighted by molar-refractivity contribution is 0.385. The van der Waals surface area contributed by atoms with E-state index in [9.17, 15) is 0 Å². The van der Waals surface area contributed by atoms with E-state index in [1.165, 1.54) is 19.4 Å². The van der Waals surface area contributed by atoms with Crippen LogP contribution in [-0.4, -0.2) is 48.2 Å². The predicted molar refractivity (Wildman–Crippen MR) is 74.1 cm³/mol. The van der Waals surface area contributed by atoms with Crippen LogP contribution in [0.1, 0.15) is 40.5 Å². The molecule has 0 N–H and O–H groups in total. The summed E-state index contributed by atoms with van der Waals surface area (Å²) in [5.74, 6) is 0. The van der Waals surface area contributed by atoms with Gasteiger partial charge in [0.05, 0.1) is 7.36 Å². The third kappa shape index (κ3) is 2.37. The Morgan fingerprint density at radius 3 is 2.38 bits per heavy atom. The molecule has 4 heteroatoms. The van der Waals surface area contributed by atoms with E-state index in [1.54, 1.807) is 0 Å². The van der Waals surface area contributed by atoms with Crippen molar-refractivity contribution in [2.45, 2.75) is 46.2 Å². The maximum absolute atomic E-state index is 5.08. The molecule has 1 aliphatic heterocycles. The molecular formula is C12H28N3P. The van der Waals surface area contributed by atoms with E-state index in [0.29, 0.717) is 0 Å². The first-order valence-electron chi connectivity index (χ1n) is 6.68. The molecule has 2 unspecified atom stereocenters. The van der Waals surface area contributed by atoms with E-state index < -0.39 is 7.36 Å². The molecule has 0 radical (unpaired) electrons. The van der Waals surface area contributed by atoms with Crippen molar-refractivity contribution in [2.24, 2.45) is 4.74 Å². The van der Waals surface area contributed by atoms with Crippen LogP contribution >= 0.6 is 7.36 Å². The van der Waals surface area contributed by atoms with Crippen LogP contribution in [0.2, 0.25) is 0 Å². The fourth-order valence-corrected chi connectivity index (χ4v) is 7.50. The van der Waals surface area contributed by atoms with E-state index in [-0.39, 0.29) is 0 Å². The van der Waals surface area contributed by atoms with E-state index in [1.807, 2.05) is 0 Å².